The number of hydrogen-bond acceptors (Lipinski definition) is 8. The van der Waals surface area contributed by atoms with E-state index in [0.29, 0.717) is 47.8 Å². The molecule has 2 saturated heterocycles. The van der Waals surface area contributed by atoms with Gasteiger partial charge >= 0.3 is 6.18 Å². The van der Waals surface area contributed by atoms with Gasteiger partial charge in [0.1, 0.15) is 34.3 Å². The van der Waals surface area contributed by atoms with Crippen LogP contribution in [0, 0.1) is 18.3 Å². The molecule has 2 aliphatic rings. The van der Waals surface area contributed by atoms with E-state index in [-0.39, 0.29) is 22.4 Å². The molecule has 4 aromatic rings. The lowest BCUT2D eigenvalue weighted by molar-refractivity contribution is -0.126. The molecule has 1 unspecified atom stereocenters. The van der Waals surface area contributed by atoms with Crippen LogP contribution in [0.2, 0.25) is 0 Å². The molecule has 0 bridgehead atoms. The van der Waals surface area contributed by atoms with Crippen LogP contribution >= 0.6 is 11.3 Å². The van der Waals surface area contributed by atoms with Crippen molar-refractivity contribution in [1.82, 2.24) is 24.8 Å². The Labute approximate surface area is 257 Å². The van der Waals surface area contributed by atoms with Crippen LogP contribution < -0.4 is 10.6 Å². The van der Waals surface area contributed by atoms with Crippen LogP contribution in [0.1, 0.15) is 47.9 Å². The Hall–Kier alpha value is -3.73. The minimum absolute atomic E-state index is 0.0690. The van der Waals surface area contributed by atoms with E-state index in [0.717, 1.165) is 60.3 Å². The van der Waals surface area contributed by atoms with Gasteiger partial charge in [0.15, 0.2) is 0 Å². The quantitative estimate of drug-likeness (QED) is 0.230. The van der Waals surface area contributed by atoms with Crippen molar-refractivity contribution in [3.05, 3.63) is 52.3 Å². The lowest BCUT2D eigenvalue weighted by Gasteiger charge is -2.33. The van der Waals surface area contributed by atoms with Gasteiger partial charge in [-0.05, 0) is 55.5 Å². The molecular formula is C31H34F3N7O2S. The predicted octanol–water partition coefficient (Wildman–Crippen LogP) is 5.30. The number of rotatable bonds is 10. The third kappa shape index (κ3) is 6.67. The van der Waals surface area contributed by atoms with Gasteiger partial charge < -0.3 is 19.9 Å². The fraction of sp³-hybridized carbons (Fsp3) is 0.484. The zero-order chi connectivity index (χ0) is 31.1. The number of anilines is 1. The summed E-state index contributed by atoms with van der Waals surface area (Å²) < 4.78 is 46.6. The number of carbonyl (C=O) groups excluding carboxylic acids is 1. The molecule has 1 aromatic carbocycles. The Morgan fingerprint density at radius 3 is 2.68 bits per heavy atom. The summed E-state index contributed by atoms with van der Waals surface area (Å²) >= 11 is 1.06. The fourth-order valence-electron chi connectivity index (χ4n) is 6.10. The Bertz CT molecular complexity index is 1730. The molecule has 5 heterocycles. The van der Waals surface area contributed by atoms with E-state index in [1.807, 2.05) is 10.6 Å². The summed E-state index contributed by atoms with van der Waals surface area (Å²) in [4.78, 5) is 23.0. The summed E-state index contributed by atoms with van der Waals surface area (Å²) in [5.41, 5.74) is 3.59. The molecule has 13 heteroatoms. The predicted molar refractivity (Wildman–Crippen MR) is 162 cm³/mol. The summed E-state index contributed by atoms with van der Waals surface area (Å²) in [6, 6.07) is 10.3. The summed E-state index contributed by atoms with van der Waals surface area (Å²) in [6.45, 7) is 7.82. The Morgan fingerprint density at radius 2 is 2.00 bits per heavy atom. The molecule has 9 nitrogen and oxygen atoms in total. The molecule has 44 heavy (non-hydrogen) atoms. The third-order valence-corrected chi connectivity index (χ3v) is 9.66. The van der Waals surface area contributed by atoms with Crippen molar-refractivity contribution in [2.24, 2.45) is 0 Å². The van der Waals surface area contributed by atoms with Crippen LogP contribution in [0.4, 0.5) is 19.0 Å². The topological polar surface area (TPSA) is 111 Å². The summed E-state index contributed by atoms with van der Waals surface area (Å²) in [7, 11) is 0. The van der Waals surface area contributed by atoms with E-state index in [2.05, 4.69) is 50.6 Å². The van der Waals surface area contributed by atoms with Crippen molar-refractivity contribution in [1.29, 1.82) is 5.26 Å². The number of likely N-dealkylation sites (tertiary alicyclic amines) is 1. The van der Waals surface area contributed by atoms with Crippen LogP contribution in [0.5, 0.6) is 0 Å². The highest BCUT2D eigenvalue weighted by molar-refractivity contribution is 7.18. The number of nitrogens with zero attached hydrogens (tertiary/aromatic N) is 5. The average molecular weight is 626 g/mol. The first-order chi connectivity index (χ1) is 21.0. The third-order valence-electron chi connectivity index (χ3n) is 8.61. The molecule has 0 spiro atoms. The van der Waals surface area contributed by atoms with E-state index in [4.69, 9.17) is 4.74 Å². The minimum atomic E-state index is -4.26. The van der Waals surface area contributed by atoms with Gasteiger partial charge in [-0.1, -0.05) is 6.07 Å². The molecular weight excluding hydrogens is 591 g/mol. The van der Waals surface area contributed by atoms with Gasteiger partial charge in [0.25, 0.3) is 0 Å². The second-order valence-corrected chi connectivity index (χ2v) is 13.0. The lowest BCUT2D eigenvalue weighted by atomic mass is 10.0. The zero-order valence-corrected chi connectivity index (χ0v) is 25.4. The van der Waals surface area contributed by atoms with E-state index >= 15 is 0 Å². The van der Waals surface area contributed by atoms with Gasteiger partial charge in [-0.15, -0.1) is 11.3 Å². The number of amides is 1. The number of nitriles is 1. The SMILES string of the molecule is CC(=O)NCCC1(Cn2c(C#N)cc3c(C)c(CN4CCC(Nc5ncnc6sc(CC(F)(F)F)cc56)CC4)ccc32)CO1. The zero-order valence-electron chi connectivity index (χ0n) is 24.6. The van der Waals surface area contributed by atoms with Gasteiger partial charge in [0, 0.05) is 54.9 Å². The van der Waals surface area contributed by atoms with Crippen molar-refractivity contribution in [2.75, 3.05) is 31.6 Å². The van der Waals surface area contributed by atoms with E-state index < -0.39 is 12.6 Å². The molecule has 2 aliphatic heterocycles. The Kier molecular flexibility index (Phi) is 8.26. The molecule has 0 aliphatic carbocycles. The first kappa shape index (κ1) is 30.3. The highest BCUT2D eigenvalue weighted by atomic mass is 32.1. The second-order valence-electron chi connectivity index (χ2n) is 11.9. The summed E-state index contributed by atoms with van der Waals surface area (Å²) in [5.74, 6) is 0.520. The number of nitrogens with one attached hydrogen (secondary N) is 2. The Morgan fingerprint density at radius 1 is 1.23 bits per heavy atom. The van der Waals surface area contributed by atoms with Gasteiger partial charge in [-0.2, -0.15) is 18.4 Å². The van der Waals surface area contributed by atoms with Gasteiger partial charge in [0.2, 0.25) is 5.91 Å². The smallest absolute Gasteiger partial charge is 0.368 e. The van der Waals surface area contributed by atoms with Crippen molar-refractivity contribution in [3.8, 4) is 6.07 Å². The number of epoxide rings is 1. The first-order valence-electron chi connectivity index (χ1n) is 14.7. The highest BCUT2D eigenvalue weighted by Gasteiger charge is 2.45. The van der Waals surface area contributed by atoms with E-state index in [9.17, 15) is 23.2 Å². The second kappa shape index (κ2) is 12.0. The number of benzene rings is 1. The number of halogens is 3. The maximum Gasteiger partial charge on any atom is 0.393 e. The van der Waals surface area contributed by atoms with E-state index in [1.54, 1.807) is 6.07 Å². The van der Waals surface area contributed by atoms with Crippen LogP contribution in [-0.4, -0.2) is 69.4 Å². The maximum atomic E-state index is 12.9. The monoisotopic (exact) mass is 625 g/mol. The lowest BCUT2D eigenvalue weighted by Crippen LogP contribution is -2.39. The van der Waals surface area contributed by atoms with Crippen LogP contribution in [0.25, 0.3) is 21.1 Å². The van der Waals surface area contributed by atoms with Crippen LogP contribution in [0.15, 0.2) is 30.6 Å². The average Bonchev–Trinajstić information content (AvgIpc) is 3.45. The van der Waals surface area contributed by atoms with Gasteiger partial charge in [0.05, 0.1) is 25.0 Å². The molecule has 2 N–H and O–H groups in total. The number of hydrogen-bond donors (Lipinski definition) is 2. The molecule has 6 rings (SSSR count). The molecule has 2 fully saturated rings. The van der Waals surface area contributed by atoms with Gasteiger partial charge in [-0.3, -0.25) is 9.69 Å². The summed E-state index contributed by atoms with van der Waals surface area (Å²) in [6.07, 6.45) is -1.38. The van der Waals surface area contributed by atoms with Crippen LogP contribution in [0.3, 0.4) is 0 Å². The maximum absolute atomic E-state index is 12.9. The highest BCUT2D eigenvalue weighted by Crippen LogP contribution is 2.36. The fourth-order valence-corrected chi connectivity index (χ4v) is 7.13. The molecule has 1 amide bonds. The first-order valence-corrected chi connectivity index (χ1v) is 15.5. The van der Waals surface area contributed by atoms with E-state index in [1.165, 1.54) is 18.8 Å². The minimum Gasteiger partial charge on any atom is -0.368 e. The number of aromatic nitrogens is 3. The Balaban J connectivity index is 1.09. The number of ether oxygens (including phenoxy) is 1. The number of thiophene rings is 1. The molecule has 3 aromatic heterocycles. The standard InChI is InChI=1S/C31H34F3N7O2S/c1-19-21(3-4-27-25(19)11-23(14-35)41(27)16-30(17-43-30)7-8-36-20(2)42)15-40-9-5-22(6-10-40)39-28-26-12-24(13-31(32,33)34)44-29(26)38-18-37-28/h3-4,11-12,18,22H,5-10,13,15-17H2,1-2H3,(H,36,42)(H,37,38,39). The molecule has 1 atom stereocenters. The van der Waals surface area contributed by atoms with Crippen molar-refractivity contribution < 1.29 is 22.7 Å². The number of carbonyl (C=O) groups is 1. The number of aryl methyl sites for hydroxylation is 1. The van der Waals surface area contributed by atoms with Crippen LogP contribution in [-0.2, 0) is 29.0 Å². The normalized spacial score (nSPS) is 19.4. The van der Waals surface area contributed by atoms with Crippen molar-refractivity contribution >= 4 is 44.2 Å². The number of piperidine rings is 1. The molecule has 0 radical (unpaired) electrons. The van der Waals surface area contributed by atoms with Crippen molar-refractivity contribution in [2.45, 2.75) is 70.4 Å². The molecule has 232 valence electrons. The largest absolute Gasteiger partial charge is 0.393 e. The number of alkyl halides is 3. The molecule has 0 saturated carbocycles. The van der Waals surface area contributed by atoms with Crippen molar-refractivity contribution in [3.63, 3.8) is 0 Å². The number of fused-ring (bicyclic) bond motifs is 2. The van der Waals surface area contributed by atoms with Gasteiger partial charge in [-0.25, -0.2) is 9.97 Å². The summed E-state index contributed by atoms with van der Waals surface area (Å²) in [5, 5.41) is 17.9.